The zero-order chi connectivity index (χ0) is 25.5. The van der Waals surface area contributed by atoms with Crippen LogP contribution in [0.1, 0.15) is 22.7 Å². The maximum Gasteiger partial charge on any atom is 0.436 e. The molecule has 0 N–H and O–H groups in total. The Kier molecular flexibility index (Phi) is 6.64. The molecule has 7 nitrogen and oxygen atoms in total. The number of hydrogen-bond acceptors (Lipinski definition) is 6. The number of ether oxygens (including phenoxy) is 1. The van der Waals surface area contributed by atoms with Crippen LogP contribution in [0.15, 0.2) is 34.7 Å². The second-order valence-corrected chi connectivity index (χ2v) is 8.25. The Morgan fingerprint density at radius 1 is 1.14 bits per heavy atom. The van der Waals surface area contributed by atoms with Gasteiger partial charge in [-0.25, -0.2) is 4.39 Å². The van der Waals surface area contributed by atoms with Crippen molar-refractivity contribution in [2.75, 3.05) is 0 Å². The molecule has 0 spiro atoms. The monoisotopic (exact) mass is 545 g/mol. The SMILES string of the molecule is Cn1nc(C(F)(F)F)c(-c2nnc(Cc3ccc(Cl)c(Oc4cc(Cl)cc(C#N)c4)c3F)o2)c1Cl. The summed E-state index contributed by atoms with van der Waals surface area (Å²) in [6.07, 6.45) is -5.13. The summed E-state index contributed by atoms with van der Waals surface area (Å²) < 4.78 is 66.9. The van der Waals surface area contributed by atoms with E-state index in [9.17, 15) is 13.2 Å². The first-order valence-electron chi connectivity index (χ1n) is 9.45. The van der Waals surface area contributed by atoms with E-state index in [4.69, 9.17) is 49.2 Å². The van der Waals surface area contributed by atoms with E-state index in [1.807, 2.05) is 6.07 Å². The van der Waals surface area contributed by atoms with E-state index in [2.05, 4.69) is 15.3 Å². The van der Waals surface area contributed by atoms with E-state index in [1.165, 1.54) is 37.4 Å². The molecule has 14 heteroatoms. The van der Waals surface area contributed by atoms with Gasteiger partial charge in [-0.15, -0.1) is 10.2 Å². The molecular formula is C21H10Cl3F4N5O2. The smallest absolute Gasteiger partial charge is 0.436 e. The van der Waals surface area contributed by atoms with E-state index >= 15 is 4.39 Å². The number of aryl methyl sites for hydroxylation is 1. The fourth-order valence-electron chi connectivity index (χ4n) is 3.09. The minimum absolute atomic E-state index is 0.00420. The van der Waals surface area contributed by atoms with E-state index in [1.54, 1.807) is 0 Å². The van der Waals surface area contributed by atoms with Crippen molar-refractivity contribution in [2.24, 2.45) is 7.05 Å². The average molecular weight is 547 g/mol. The van der Waals surface area contributed by atoms with Crippen LogP contribution >= 0.6 is 34.8 Å². The van der Waals surface area contributed by atoms with Crippen molar-refractivity contribution in [1.29, 1.82) is 5.26 Å². The molecule has 0 amide bonds. The summed E-state index contributed by atoms with van der Waals surface area (Å²) in [7, 11) is 1.22. The highest BCUT2D eigenvalue weighted by Gasteiger charge is 2.41. The summed E-state index contributed by atoms with van der Waals surface area (Å²) in [5.74, 6) is -1.90. The third kappa shape index (κ3) is 5.05. The molecule has 0 bridgehead atoms. The minimum Gasteiger partial charge on any atom is -0.453 e. The third-order valence-electron chi connectivity index (χ3n) is 4.62. The Hall–Kier alpha value is -3.33. The molecule has 0 fully saturated rings. The van der Waals surface area contributed by atoms with Crippen molar-refractivity contribution in [3.05, 3.63) is 74.1 Å². The Balaban J connectivity index is 1.65. The lowest BCUT2D eigenvalue weighted by Crippen LogP contribution is -2.08. The first kappa shape index (κ1) is 24.8. The van der Waals surface area contributed by atoms with Crippen LogP contribution in [0.2, 0.25) is 15.2 Å². The molecule has 2 aromatic carbocycles. The molecule has 2 heterocycles. The Morgan fingerprint density at radius 2 is 1.89 bits per heavy atom. The summed E-state index contributed by atoms with van der Waals surface area (Å²) in [5, 5.41) is 19.5. The van der Waals surface area contributed by atoms with Crippen molar-refractivity contribution in [2.45, 2.75) is 12.6 Å². The van der Waals surface area contributed by atoms with E-state index in [0.717, 1.165) is 4.68 Å². The molecule has 2 aromatic heterocycles. The van der Waals surface area contributed by atoms with Crippen molar-refractivity contribution in [3.63, 3.8) is 0 Å². The van der Waals surface area contributed by atoms with Gasteiger partial charge in [0.1, 0.15) is 16.5 Å². The van der Waals surface area contributed by atoms with Crippen LogP contribution in [-0.4, -0.2) is 20.0 Å². The molecule has 0 aliphatic heterocycles. The van der Waals surface area contributed by atoms with Crippen molar-refractivity contribution in [3.8, 4) is 29.0 Å². The van der Waals surface area contributed by atoms with E-state index in [0.29, 0.717) is 0 Å². The standard InChI is InChI=1S/C21H10Cl3F4N5O2/c1-33-19(24)15(18(32-33)21(26,27)28)20-31-30-14(35-20)6-10-2-3-13(23)17(16(10)25)34-12-5-9(8-29)4-11(22)7-12/h2-5,7H,6H2,1H3. The van der Waals surface area contributed by atoms with Crippen LogP contribution in [0.4, 0.5) is 17.6 Å². The fourth-order valence-corrected chi connectivity index (χ4v) is 3.71. The number of hydrogen-bond donors (Lipinski definition) is 0. The van der Waals surface area contributed by atoms with Gasteiger partial charge in [0.05, 0.1) is 23.1 Å². The van der Waals surface area contributed by atoms with Gasteiger partial charge < -0.3 is 9.15 Å². The average Bonchev–Trinajstić information content (AvgIpc) is 3.36. The van der Waals surface area contributed by atoms with Crippen LogP contribution < -0.4 is 4.74 Å². The van der Waals surface area contributed by atoms with Crippen LogP contribution in [0.3, 0.4) is 0 Å². The molecule has 4 rings (SSSR count). The lowest BCUT2D eigenvalue weighted by atomic mass is 10.1. The first-order chi connectivity index (χ1) is 16.5. The molecule has 0 aliphatic rings. The van der Waals surface area contributed by atoms with Gasteiger partial charge >= 0.3 is 6.18 Å². The predicted molar refractivity (Wildman–Crippen MR) is 117 cm³/mol. The van der Waals surface area contributed by atoms with Crippen molar-refractivity contribution >= 4 is 34.8 Å². The number of nitrogens with zero attached hydrogens (tertiary/aromatic N) is 5. The zero-order valence-corrected chi connectivity index (χ0v) is 19.6. The molecule has 180 valence electrons. The second kappa shape index (κ2) is 9.37. The molecule has 0 aliphatic carbocycles. The van der Waals surface area contributed by atoms with Crippen molar-refractivity contribution < 1.29 is 26.7 Å². The molecule has 0 saturated heterocycles. The van der Waals surface area contributed by atoms with Gasteiger partial charge in [0.15, 0.2) is 17.3 Å². The highest BCUT2D eigenvalue weighted by Crippen LogP contribution is 2.40. The molecular weight excluding hydrogens is 537 g/mol. The molecule has 0 radical (unpaired) electrons. The topological polar surface area (TPSA) is 89.8 Å². The lowest BCUT2D eigenvalue weighted by Gasteiger charge is -2.12. The zero-order valence-electron chi connectivity index (χ0n) is 17.3. The molecule has 35 heavy (non-hydrogen) atoms. The number of halogens is 7. The highest BCUT2D eigenvalue weighted by atomic mass is 35.5. The van der Waals surface area contributed by atoms with Crippen molar-refractivity contribution in [1.82, 2.24) is 20.0 Å². The van der Waals surface area contributed by atoms with Gasteiger partial charge in [0, 0.05) is 17.6 Å². The molecule has 0 atom stereocenters. The summed E-state index contributed by atoms with van der Waals surface area (Å²) in [6.45, 7) is 0. The molecule has 4 aromatic rings. The Morgan fingerprint density at radius 3 is 2.57 bits per heavy atom. The quantitative estimate of drug-likeness (QED) is 0.255. The minimum atomic E-state index is -4.82. The van der Waals surface area contributed by atoms with Gasteiger partial charge in [-0.2, -0.15) is 23.5 Å². The number of nitriles is 1. The highest BCUT2D eigenvalue weighted by molar-refractivity contribution is 6.32. The second-order valence-electron chi connectivity index (χ2n) is 7.05. The lowest BCUT2D eigenvalue weighted by molar-refractivity contribution is -0.141. The van der Waals surface area contributed by atoms with E-state index in [-0.39, 0.29) is 50.1 Å². The van der Waals surface area contributed by atoms with E-state index < -0.39 is 29.1 Å². The van der Waals surface area contributed by atoms with Crippen LogP contribution in [-0.2, 0) is 19.6 Å². The molecule has 0 saturated carbocycles. The van der Waals surface area contributed by atoms with Gasteiger partial charge in [-0.3, -0.25) is 4.68 Å². The number of benzene rings is 2. The Labute approximate surface area is 209 Å². The van der Waals surface area contributed by atoms with Crippen LogP contribution in [0, 0.1) is 17.1 Å². The number of alkyl halides is 3. The maximum atomic E-state index is 15.2. The maximum absolute atomic E-state index is 15.2. The predicted octanol–water partition coefficient (Wildman–Crippen LogP) is 6.84. The summed E-state index contributed by atoms with van der Waals surface area (Å²) in [5.41, 5.74) is -1.71. The van der Waals surface area contributed by atoms with Gasteiger partial charge in [0.25, 0.3) is 5.89 Å². The first-order valence-corrected chi connectivity index (χ1v) is 10.6. The van der Waals surface area contributed by atoms with Gasteiger partial charge in [-0.05, 0) is 24.3 Å². The van der Waals surface area contributed by atoms with Gasteiger partial charge in [-0.1, -0.05) is 40.9 Å². The number of aromatic nitrogens is 4. The fraction of sp³-hybridized carbons (Fsp3) is 0.143. The number of rotatable bonds is 5. The molecule has 0 unspecified atom stereocenters. The largest absolute Gasteiger partial charge is 0.453 e. The van der Waals surface area contributed by atoms with Crippen LogP contribution in [0.25, 0.3) is 11.5 Å². The summed E-state index contributed by atoms with van der Waals surface area (Å²) in [6, 6.07) is 8.68. The normalized spacial score (nSPS) is 11.5. The van der Waals surface area contributed by atoms with Crippen LogP contribution in [0.5, 0.6) is 11.5 Å². The summed E-state index contributed by atoms with van der Waals surface area (Å²) >= 11 is 18.0. The third-order valence-corrected chi connectivity index (χ3v) is 5.57. The Bertz CT molecular complexity index is 1480. The summed E-state index contributed by atoms with van der Waals surface area (Å²) in [4.78, 5) is 0. The van der Waals surface area contributed by atoms with Gasteiger partial charge in [0.2, 0.25) is 5.89 Å².